The van der Waals surface area contributed by atoms with Crippen LogP contribution < -0.4 is 0 Å². The van der Waals surface area contributed by atoms with Crippen LogP contribution in [-0.4, -0.2) is 22.9 Å². The van der Waals surface area contributed by atoms with Crippen LogP contribution in [0.25, 0.3) is 11.1 Å². The number of hydrogen-bond donors (Lipinski definition) is 0. The number of rotatable bonds is 2. The van der Waals surface area contributed by atoms with Crippen molar-refractivity contribution in [1.29, 1.82) is 0 Å². The van der Waals surface area contributed by atoms with Crippen LogP contribution in [0.3, 0.4) is 0 Å². The Morgan fingerprint density at radius 3 is 2.71 bits per heavy atom. The number of aryl methyl sites for hydroxylation is 1. The van der Waals surface area contributed by atoms with E-state index in [2.05, 4.69) is 9.84 Å². The highest BCUT2D eigenvalue weighted by Gasteiger charge is 2.10. The van der Waals surface area contributed by atoms with Gasteiger partial charge in [0, 0.05) is 18.8 Å². The van der Waals surface area contributed by atoms with Gasteiger partial charge in [0.1, 0.15) is 5.82 Å². The van der Waals surface area contributed by atoms with Gasteiger partial charge in [0.15, 0.2) is 0 Å². The standard InChI is InChI=1S/C12H11FN2O2/c1-15-7-10(6-14-15)8-3-9(12(16)17-2)5-11(13)4-8/h3-7H,1-2H3. The molecule has 0 radical (unpaired) electrons. The Hall–Kier alpha value is -2.17. The zero-order valence-electron chi connectivity index (χ0n) is 9.48. The Bertz CT molecular complexity index is 563. The van der Waals surface area contributed by atoms with Crippen molar-refractivity contribution < 1.29 is 13.9 Å². The van der Waals surface area contributed by atoms with Crippen LogP contribution in [0.15, 0.2) is 30.6 Å². The lowest BCUT2D eigenvalue weighted by Gasteiger charge is -2.03. The fourth-order valence-electron chi connectivity index (χ4n) is 1.56. The first-order chi connectivity index (χ1) is 8.10. The minimum atomic E-state index is -0.561. The lowest BCUT2D eigenvalue weighted by molar-refractivity contribution is 0.0600. The molecule has 88 valence electrons. The highest BCUT2D eigenvalue weighted by atomic mass is 19.1. The SMILES string of the molecule is COC(=O)c1cc(F)cc(-c2cnn(C)c2)c1. The summed E-state index contributed by atoms with van der Waals surface area (Å²) in [5, 5.41) is 4.00. The molecule has 2 rings (SSSR count). The largest absolute Gasteiger partial charge is 0.465 e. The monoisotopic (exact) mass is 234 g/mol. The number of carbonyl (C=O) groups is 1. The molecule has 1 aromatic carbocycles. The fourth-order valence-corrected chi connectivity index (χ4v) is 1.56. The minimum Gasteiger partial charge on any atom is -0.465 e. The topological polar surface area (TPSA) is 44.1 Å². The molecule has 0 unspecified atom stereocenters. The molecule has 1 aromatic heterocycles. The predicted molar refractivity (Wildman–Crippen MR) is 59.9 cm³/mol. The average molecular weight is 234 g/mol. The molecule has 0 bridgehead atoms. The number of nitrogens with zero attached hydrogens (tertiary/aromatic N) is 2. The molecule has 4 nitrogen and oxygen atoms in total. The van der Waals surface area contributed by atoms with Crippen molar-refractivity contribution >= 4 is 5.97 Å². The molecule has 17 heavy (non-hydrogen) atoms. The summed E-state index contributed by atoms with van der Waals surface area (Å²) in [6.07, 6.45) is 3.35. The van der Waals surface area contributed by atoms with Crippen molar-refractivity contribution in [2.24, 2.45) is 7.05 Å². The summed E-state index contributed by atoms with van der Waals surface area (Å²) >= 11 is 0. The smallest absolute Gasteiger partial charge is 0.337 e. The second kappa shape index (κ2) is 4.37. The summed E-state index contributed by atoms with van der Waals surface area (Å²) in [4.78, 5) is 11.3. The molecule has 0 saturated carbocycles. The Kier molecular flexibility index (Phi) is 2.91. The van der Waals surface area contributed by atoms with Crippen molar-refractivity contribution in [3.05, 3.63) is 42.0 Å². The van der Waals surface area contributed by atoms with Crippen LogP contribution in [0.5, 0.6) is 0 Å². The molecular weight excluding hydrogens is 223 g/mol. The van der Waals surface area contributed by atoms with Gasteiger partial charge in [-0.3, -0.25) is 4.68 Å². The predicted octanol–water partition coefficient (Wildman–Crippen LogP) is 2.01. The number of aromatic nitrogens is 2. The zero-order valence-corrected chi connectivity index (χ0v) is 9.48. The van der Waals surface area contributed by atoms with E-state index in [1.54, 1.807) is 30.2 Å². The van der Waals surface area contributed by atoms with E-state index in [-0.39, 0.29) is 5.56 Å². The van der Waals surface area contributed by atoms with Crippen LogP contribution >= 0.6 is 0 Å². The van der Waals surface area contributed by atoms with E-state index in [4.69, 9.17) is 0 Å². The number of esters is 1. The number of benzene rings is 1. The van der Waals surface area contributed by atoms with Crippen molar-refractivity contribution in [3.8, 4) is 11.1 Å². The van der Waals surface area contributed by atoms with Gasteiger partial charge >= 0.3 is 5.97 Å². The fraction of sp³-hybridized carbons (Fsp3) is 0.167. The molecule has 5 heteroatoms. The van der Waals surface area contributed by atoms with Gasteiger partial charge in [0.25, 0.3) is 0 Å². The van der Waals surface area contributed by atoms with E-state index in [0.717, 1.165) is 11.6 Å². The van der Waals surface area contributed by atoms with Gasteiger partial charge in [-0.25, -0.2) is 9.18 Å². The number of hydrogen-bond acceptors (Lipinski definition) is 3. The van der Waals surface area contributed by atoms with Crippen LogP contribution in [0.2, 0.25) is 0 Å². The normalized spacial score (nSPS) is 10.3. The maximum atomic E-state index is 13.4. The van der Waals surface area contributed by atoms with E-state index in [0.29, 0.717) is 5.56 Å². The second-order valence-electron chi connectivity index (χ2n) is 3.62. The average Bonchev–Trinajstić information content (AvgIpc) is 2.74. The molecule has 0 aliphatic carbocycles. The second-order valence-corrected chi connectivity index (χ2v) is 3.62. The van der Waals surface area contributed by atoms with Crippen molar-refractivity contribution in [1.82, 2.24) is 9.78 Å². The third kappa shape index (κ3) is 2.33. The van der Waals surface area contributed by atoms with Gasteiger partial charge < -0.3 is 4.74 Å². The summed E-state index contributed by atoms with van der Waals surface area (Å²) < 4.78 is 19.6. The molecule has 0 spiro atoms. The Balaban J connectivity index is 2.48. The van der Waals surface area contributed by atoms with Crippen molar-refractivity contribution in [3.63, 3.8) is 0 Å². The Labute approximate surface area is 97.6 Å². The van der Waals surface area contributed by atoms with E-state index in [1.165, 1.54) is 13.2 Å². The van der Waals surface area contributed by atoms with Gasteiger partial charge in [-0.1, -0.05) is 0 Å². The lowest BCUT2D eigenvalue weighted by Crippen LogP contribution is -2.01. The number of ether oxygens (including phenoxy) is 1. The highest BCUT2D eigenvalue weighted by Crippen LogP contribution is 2.21. The summed E-state index contributed by atoms with van der Waals surface area (Å²) in [6, 6.07) is 4.07. The molecule has 0 amide bonds. The minimum absolute atomic E-state index is 0.186. The first kappa shape index (κ1) is 11.3. The zero-order chi connectivity index (χ0) is 12.4. The van der Waals surface area contributed by atoms with E-state index in [9.17, 15) is 9.18 Å². The molecule has 0 atom stereocenters. The van der Waals surface area contributed by atoms with Gasteiger partial charge in [-0.15, -0.1) is 0 Å². The number of methoxy groups -OCH3 is 1. The lowest BCUT2D eigenvalue weighted by atomic mass is 10.1. The third-order valence-electron chi connectivity index (χ3n) is 2.36. The molecule has 0 aliphatic rings. The molecule has 0 saturated heterocycles. The van der Waals surface area contributed by atoms with Crippen LogP contribution in [0, 0.1) is 5.82 Å². The van der Waals surface area contributed by atoms with Crippen LogP contribution in [0.1, 0.15) is 10.4 Å². The first-order valence-corrected chi connectivity index (χ1v) is 4.98. The van der Waals surface area contributed by atoms with E-state index >= 15 is 0 Å². The Morgan fingerprint density at radius 2 is 2.12 bits per heavy atom. The molecule has 1 heterocycles. The van der Waals surface area contributed by atoms with Crippen LogP contribution in [-0.2, 0) is 11.8 Å². The van der Waals surface area contributed by atoms with Gasteiger partial charge in [-0.2, -0.15) is 5.10 Å². The third-order valence-corrected chi connectivity index (χ3v) is 2.36. The van der Waals surface area contributed by atoms with Crippen molar-refractivity contribution in [2.75, 3.05) is 7.11 Å². The maximum absolute atomic E-state index is 13.4. The molecule has 0 aliphatic heterocycles. The van der Waals surface area contributed by atoms with Gasteiger partial charge in [0.05, 0.1) is 18.9 Å². The summed E-state index contributed by atoms with van der Waals surface area (Å²) in [5.41, 5.74) is 1.53. The quantitative estimate of drug-likeness (QED) is 0.746. The van der Waals surface area contributed by atoms with Crippen molar-refractivity contribution in [2.45, 2.75) is 0 Å². The highest BCUT2D eigenvalue weighted by molar-refractivity contribution is 5.90. The maximum Gasteiger partial charge on any atom is 0.337 e. The van der Waals surface area contributed by atoms with Gasteiger partial charge in [-0.05, 0) is 23.8 Å². The Morgan fingerprint density at radius 1 is 1.35 bits per heavy atom. The summed E-state index contributed by atoms with van der Waals surface area (Å²) in [7, 11) is 3.03. The summed E-state index contributed by atoms with van der Waals surface area (Å²) in [5.74, 6) is -1.04. The first-order valence-electron chi connectivity index (χ1n) is 4.98. The molecule has 0 fully saturated rings. The van der Waals surface area contributed by atoms with E-state index in [1.807, 2.05) is 0 Å². The molecular formula is C12H11FN2O2. The van der Waals surface area contributed by atoms with E-state index < -0.39 is 11.8 Å². The molecule has 2 aromatic rings. The summed E-state index contributed by atoms with van der Waals surface area (Å²) in [6.45, 7) is 0. The van der Waals surface area contributed by atoms with Gasteiger partial charge in [0.2, 0.25) is 0 Å². The number of halogens is 1. The molecule has 0 N–H and O–H groups in total. The number of carbonyl (C=O) groups excluding carboxylic acids is 1. The van der Waals surface area contributed by atoms with Crippen LogP contribution in [0.4, 0.5) is 4.39 Å².